The van der Waals surface area contributed by atoms with E-state index in [-0.39, 0.29) is 17.8 Å². The maximum atomic E-state index is 12.1. The summed E-state index contributed by atoms with van der Waals surface area (Å²) in [5.41, 5.74) is 0.726. The van der Waals surface area contributed by atoms with Crippen LogP contribution in [0.25, 0.3) is 0 Å². The zero-order valence-corrected chi connectivity index (χ0v) is 17.9. The fourth-order valence-electron chi connectivity index (χ4n) is 3.26. The summed E-state index contributed by atoms with van der Waals surface area (Å²) in [5.74, 6) is 0.176. The van der Waals surface area contributed by atoms with E-state index in [1.165, 1.54) is 0 Å². The van der Waals surface area contributed by atoms with Gasteiger partial charge in [0.15, 0.2) is 5.78 Å². The summed E-state index contributed by atoms with van der Waals surface area (Å²) in [6, 6.07) is 0.382. The molecule has 0 unspecified atom stereocenters. The summed E-state index contributed by atoms with van der Waals surface area (Å²) >= 11 is 0. The number of rotatable bonds is 13. The summed E-state index contributed by atoms with van der Waals surface area (Å²) in [6.07, 6.45) is 5.98. The Morgan fingerprint density at radius 1 is 1.07 bits per heavy atom. The minimum absolute atomic E-state index is 0.0123. The molecule has 7 heteroatoms. The normalized spacial score (nSPS) is 16.4. The van der Waals surface area contributed by atoms with Gasteiger partial charge in [0.1, 0.15) is 0 Å². The molecule has 28 heavy (non-hydrogen) atoms. The minimum Gasteiger partial charge on any atom is -0.378 e. The number of ether oxygens (including phenoxy) is 3. The molecule has 1 aliphatic heterocycles. The van der Waals surface area contributed by atoms with Crippen LogP contribution in [0.5, 0.6) is 0 Å². The highest BCUT2D eigenvalue weighted by molar-refractivity contribution is 5.96. The Morgan fingerprint density at radius 3 is 2.36 bits per heavy atom. The summed E-state index contributed by atoms with van der Waals surface area (Å²) in [6.45, 7) is 14.1. The fraction of sp³-hybridized carbons (Fsp3) is 0.810. The Hall–Kier alpha value is -1.28. The quantitative estimate of drug-likeness (QED) is 0.378. The molecule has 2 rings (SSSR count). The van der Waals surface area contributed by atoms with Crippen molar-refractivity contribution in [1.29, 1.82) is 0 Å². The first-order chi connectivity index (χ1) is 13.5. The minimum atomic E-state index is 0.0123. The van der Waals surface area contributed by atoms with E-state index in [1.54, 1.807) is 6.20 Å². The number of Topliss-reactive ketones (excluding diaryl/α,β-unsaturated/α-hetero) is 1. The molecular formula is C21H37N3O4. The first kappa shape index (κ1) is 23.0. The highest BCUT2D eigenvalue weighted by atomic mass is 16.5. The van der Waals surface area contributed by atoms with Gasteiger partial charge >= 0.3 is 0 Å². The Morgan fingerprint density at radius 2 is 1.71 bits per heavy atom. The van der Waals surface area contributed by atoms with Crippen LogP contribution >= 0.6 is 0 Å². The van der Waals surface area contributed by atoms with Gasteiger partial charge < -0.3 is 19.1 Å². The number of nitrogens with zero attached hydrogens (tertiary/aromatic N) is 3. The smallest absolute Gasteiger partial charge is 0.168 e. The molecule has 0 bridgehead atoms. The van der Waals surface area contributed by atoms with Gasteiger partial charge in [0.25, 0.3) is 0 Å². The SMILES string of the molecule is CC(C)OCCOCCOCCN1CCC(n2cc(C(=O)C(C)C)cn2)CC1. The fourth-order valence-corrected chi connectivity index (χ4v) is 3.26. The standard InChI is InChI=1S/C21H37N3O4/c1-17(2)21(25)19-15-22-24(16-19)20-5-7-23(8-6-20)9-10-26-11-12-27-13-14-28-18(3)4/h15-18,20H,5-14H2,1-4H3. The first-order valence-corrected chi connectivity index (χ1v) is 10.5. The van der Waals surface area contributed by atoms with Gasteiger partial charge in [-0.25, -0.2) is 0 Å². The van der Waals surface area contributed by atoms with Gasteiger partial charge in [-0.3, -0.25) is 9.48 Å². The molecule has 0 spiro atoms. The van der Waals surface area contributed by atoms with Crippen molar-refractivity contribution < 1.29 is 19.0 Å². The maximum absolute atomic E-state index is 12.1. The molecule has 0 amide bonds. The van der Waals surface area contributed by atoms with Crippen LogP contribution in [-0.2, 0) is 14.2 Å². The predicted molar refractivity (Wildman–Crippen MR) is 109 cm³/mol. The lowest BCUT2D eigenvalue weighted by Crippen LogP contribution is -2.37. The summed E-state index contributed by atoms with van der Waals surface area (Å²) < 4.78 is 18.5. The molecule has 1 aromatic heterocycles. The Balaban J connectivity index is 1.54. The van der Waals surface area contributed by atoms with Crippen LogP contribution < -0.4 is 0 Å². The molecule has 0 atom stereocenters. The second-order valence-electron chi connectivity index (χ2n) is 7.95. The highest BCUT2D eigenvalue weighted by Gasteiger charge is 2.22. The number of hydrogen-bond donors (Lipinski definition) is 0. The molecule has 0 N–H and O–H groups in total. The largest absolute Gasteiger partial charge is 0.378 e. The number of piperidine rings is 1. The van der Waals surface area contributed by atoms with Gasteiger partial charge in [0.2, 0.25) is 0 Å². The van der Waals surface area contributed by atoms with Crippen LogP contribution in [0.4, 0.5) is 0 Å². The molecule has 2 heterocycles. The molecule has 0 radical (unpaired) electrons. The summed E-state index contributed by atoms with van der Waals surface area (Å²) in [7, 11) is 0. The molecule has 1 saturated heterocycles. The topological polar surface area (TPSA) is 65.8 Å². The number of hydrogen-bond acceptors (Lipinski definition) is 6. The maximum Gasteiger partial charge on any atom is 0.168 e. The van der Waals surface area contributed by atoms with Crippen LogP contribution in [0.1, 0.15) is 56.9 Å². The average Bonchev–Trinajstić information content (AvgIpc) is 3.16. The molecule has 1 aliphatic rings. The second kappa shape index (κ2) is 12.3. The van der Waals surface area contributed by atoms with E-state index < -0.39 is 0 Å². The molecule has 160 valence electrons. The molecule has 1 aromatic rings. The third-order valence-electron chi connectivity index (χ3n) is 4.94. The van der Waals surface area contributed by atoms with Gasteiger partial charge in [-0.1, -0.05) is 13.8 Å². The monoisotopic (exact) mass is 395 g/mol. The van der Waals surface area contributed by atoms with Gasteiger partial charge in [-0.15, -0.1) is 0 Å². The van der Waals surface area contributed by atoms with E-state index in [2.05, 4.69) is 10.00 Å². The van der Waals surface area contributed by atoms with Gasteiger partial charge in [-0.05, 0) is 26.7 Å². The average molecular weight is 396 g/mol. The third kappa shape index (κ3) is 7.99. The van der Waals surface area contributed by atoms with Crippen LogP contribution in [0.15, 0.2) is 12.4 Å². The van der Waals surface area contributed by atoms with Crippen molar-refractivity contribution in [2.75, 3.05) is 52.7 Å². The molecule has 1 fully saturated rings. The van der Waals surface area contributed by atoms with Gasteiger partial charge in [0, 0.05) is 31.7 Å². The van der Waals surface area contributed by atoms with Crippen molar-refractivity contribution >= 4 is 5.78 Å². The number of aromatic nitrogens is 2. The number of ketones is 1. The lowest BCUT2D eigenvalue weighted by molar-refractivity contribution is -0.00472. The third-order valence-corrected chi connectivity index (χ3v) is 4.94. The Bertz CT molecular complexity index is 566. The van der Waals surface area contributed by atoms with Crippen molar-refractivity contribution in [2.45, 2.75) is 52.7 Å². The van der Waals surface area contributed by atoms with Crippen molar-refractivity contribution in [3.05, 3.63) is 18.0 Å². The van der Waals surface area contributed by atoms with E-state index in [4.69, 9.17) is 14.2 Å². The molecule has 0 saturated carbocycles. The van der Waals surface area contributed by atoms with Crippen molar-refractivity contribution in [3.63, 3.8) is 0 Å². The van der Waals surface area contributed by atoms with E-state index in [0.717, 1.165) is 44.6 Å². The first-order valence-electron chi connectivity index (χ1n) is 10.5. The van der Waals surface area contributed by atoms with Crippen molar-refractivity contribution in [1.82, 2.24) is 14.7 Å². The second-order valence-corrected chi connectivity index (χ2v) is 7.95. The molecule has 7 nitrogen and oxygen atoms in total. The zero-order valence-electron chi connectivity index (χ0n) is 17.9. The number of carbonyl (C=O) groups is 1. The van der Waals surface area contributed by atoms with Gasteiger partial charge in [-0.2, -0.15) is 5.10 Å². The van der Waals surface area contributed by atoms with Crippen LogP contribution in [-0.4, -0.2) is 79.2 Å². The van der Waals surface area contributed by atoms with Gasteiger partial charge in [0.05, 0.1) is 56.9 Å². The Labute approximate surface area is 169 Å². The van der Waals surface area contributed by atoms with Crippen molar-refractivity contribution in [2.24, 2.45) is 5.92 Å². The summed E-state index contributed by atoms with van der Waals surface area (Å²) in [4.78, 5) is 14.5. The van der Waals surface area contributed by atoms with E-state index >= 15 is 0 Å². The van der Waals surface area contributed by atoms with E-state index in [0.29, 0.717) is 32.5 Å². The summed E-state index contributed by atoms with van der Waals surface area (Å²) in [5, 5.41) is 4.42. The van der Waals surface area contributed by atoms with E-state index in [9.17, 15) is 4.79 Å². The zero-order chi connectivity index (χ0) is 20.4. The molecule has 0 aliphatic carbocycles. The lowest BCUT2D eigenvalue weighted by atomic mass is 10.0. The van der Waals surface area contributed by atoms with Crippen molar-refractivity contribution in [3.8, 4) is 0 Å². The predicted octanol–water partition coefficient (Wildman–Crippen LogP) is 2.82. The van der Waals surface area contributed by atoms with E-state index in [1.807, 2.05) is 38.6 Å². The van der Waals surface area contributed by atoms with Crippen LogP contribution in [0, 0.1) is 5.92 Å². The lowest BCUT2D eigenvalue weighted by Gasteiger charge is -2.31. The van der Waals surface area contributed by atoms with Crippen LogP contribution in [0.2, 0.25) is 0 Å². The number of carbonyl (C=O) groups excluding carboxylic acids is 1. The van der Waals surface area contributed by atoms with Crippen LogP contribution in [0.3, 0.4) is 0 Å². The highest BCUT2D eigenvalue weighted by Crippen LogP contribution is 2.22. The Kier molecular flexibility index (Phi) is 10.1. The molecule has 0 aromatic carbocycles. The number of likely N-dealkylation sites (tertiary alicyclic amines) is 1. The molecular weight excluding hydrogens is 358 g/mol.